The lowest BCUT2D eigenvalue weighted by molar-refractivity contribution is -0.133. The maximum Gasteiger partial charge on any atom is 0.251 e. The summed E-state index contributed by atoms with van der Waals surface area (Å²) in [5, 5.41) is 6.12. The van der Waals surface area contributed by atoms with E-state index in [4.69, 9.17) is 0 Å². The van der Waals surface area contributed by atoms with Crippen LogP contribution in [0, 0.1) is 5.82 Å². The fourth-order valence-corrected chi connectivity index (χ4v) is 3.85. The maximum atomic E-state index is 13.2. The Kier molecular flexibility index (Phi) is 5.17. The monoisotopic (exact) mass is 337 g/mol. The molecular weight excluding hydrogens is 317 g/mol. The zero-order valence-corrected chi connectivity index (χ0v) is 13.6. The Balaban J connectivity index is 1.49. The van der Waals surface area contributed by atoms with Crippen LogP contribution in [0.1, 0.15) is 23.2 Å². The number of amides is 2. The van der Waals surface area contributed by atoms with Crippen molar-refractivity contribution < 1.29 is 14.0 Å². The summed E-state index contributed by atoms with van der Waals surface area (Å²) in [6.07, 6.45) is 1.46. The standard InChI is InChI=1S/C16H20FN3O2S/c17-12-3-1-2-11(8-12)15(21)19-13-4-6-20(7-5-13)16(22)14-9-23-10-18-14/h1-3,8,13-14,18H,4-7,9-10H2,(H,19,21). The topological polar surface area (TPSA) is 61.4 Å². The van der Waals surface area contributed by atoms with Crippen LogP contribution in [0.25, 0.3) is 0 Å². The Morgan fingerprint density at radius 1 is 1.30 bits per heavy atom. The van der Waals surface area contributed by atoms with E-state index in [-0.39, 0.29) is 23.9 Å². The first kappa shape index (κ1) is 16.3. The molecule has 0 spiro atoms. The molecule has 2 amide bonds. The number of carbonyl (C=O) groups is 2. The molecule has 124 valence electrons. The van der Waals surface area contributed by atoms with E-state index in [9.17, 15) is 14.0 Å². The summed E-state index contributed by atoms with van der Waals surface area (Å²) >= 11 is 1.74. The van der Waals surface area contributed by atoms with Crippen molar-refractivity contribution in [2.75, 3.05) is 24.7 Å². The van der Waals surface area contributed by atoms with Gasteiger partial charge in [-0.1, -0.05) is 6.07 Å². The molecular formula is C16H20FN3O2S. The molecule has 2 heterocycles. The number of halogens is 1. The van der Waals surface area contributed by atoms with E-state index in [1.807, 2.05) is 4.90 Å². The fraction of sp³-hybridized carbons (Fsp3) is 0.500. The highest BCUT2D eigenvalue weighted by Gasteiger charge is 2.30. The number of thioether (sulfide) groups is 1. The summed E-state index contributed by atoms with van der Waals surface area (Å²) in [4.78, 5) is 26.3. The van der Waals surface area contributed by atoms with E-state index in [0.29, 0.717) is 18.7 Å². The lowest BCUT2D eigenvalue weighted by atomic mass is 10.0. The molecule has 23 heavy (non-hydrogen) atoms. The first-order chi connectivity index (χ1) is 11.1. The number of carbonyl (C=O) groups excluding carboxylic acids is 2. The second-order valence-electron chi connectivity index (χ2n) is 5.86. The third kappa shape index (κ3) is 4.03. The van der Waals surface area contributed by atoms with Gasteiger partial charge in [0, 0.05) is 36.3 Å². The molecule has 0 radical (unpaired) electrons. The van der Waals surface area contributed by atoms with E-state index in [0.717, 1.165) is 24.5 Å². The van der Waals surface area contributed by atoms with Gasteiger partial charge >= 0.3 is 0 Å². The van der Waals surface area contributed by atoms with E-state index in [1.54, 1.807) is 17.8 Å². The number of rotatable bonds is 3. The lowest BCUT2D eigenvalue weighted by Gasteiger charge is -2.33. The summed E-state index contributed by atoms with van der Waals surface area (Å²) < 4.78 is 13.2. The molecule has 2 saturated heterocycles. The fourth-order valence-electron chi connectivity index (χ4n) is 2.92. The smallest absolute Gasteiger partial charge is 0.251 e. The Morgan fingerprint density at radius 3 is 2.74 bits per heavy atom. The zero-order valence-electron chi connectivity index (χ0n) is 12.8. The van der Waals surface area contributed by atoms with Gasteiger partial charge in [-0.2, -0.15) is 0 Å². The molecule has 3 rings (SSSR count). The van der Waals surface area contributed by atoms with Crippen molar-refractivity contribution in [1.29, 1.82) is 0 Å². The van der Waals surface area contributed by atoms with Gasteiger partial charge in [0.2, 0.25) is 5.91 Å². The van der Waals surface area contributed by atoms with Crippen LogP contribution in [0.5, 0.6) is 0 Å². The van der Waals surface area contributed by atoms with E-state index in [1.165, 1.54) is 18.2 Å². The van der Waals surface area contributed by atoms with Crippen LogP contribution >= 0.6 is 11.8 Å². The van der Waals surface area contributed by atoms with E-state index < -0.39 is 5.82 Å². The summed E-state index contributed by atoms with van der Waals surface area (Å²) in [5.41, 5.74) is 0.329. The maximum absolute atomic E-state index is 13.2. The zero-order chi connectivity index (χ0) is 16.2. The normalized spacial score (nSPS) is 22.1. The molecule has 1 unspecified atom stereocenters. The highest BCUT2D eigenvalue weighted by molar-refractivity contribution is 7.99. The molecule has 1 atom stereocenters. The summed E-state index contributed by atoms with van der Waals surface area (Å²) in [7, 11) is 0. The Labute approximate surface area is 139 Å². The van der Waals surface area contributed by atoms with Crippen molar-refractivity contribution in [3.8, 4) is 0 Å². The first-order valence-electron chi connectivity index (χ1n) is 7.80. The van der Waals surface area contributed by atoms with Gasteiger partial charge in [0.15, 0.2) is 0 Å². The van der Waals surface area contributed by atoms with Crippen LogP contribution < -0.4 is 10.6 Å². The van der Waals surface area contributed by atoms with Crippen molar-refractivity contribution in [3.63, 3.8) is 0 Å². The highest BCUT2D eigenvalue weighted by atomic mass is 32.2. The van der Waals surface area contributed by atoms with Crippen molar-refractivity contribution in [2.24, 2.45) is 0 Å². The first-order valence-corrected chi connectivity index (χ1v) is 8.95. The van der Waals surface area contributed by atoms with Gasteiger partial charge in [-0.15, -0.1) is 11.8 Å². The van der Waals surface area contributed by atoms with Crippen LogP contribution in [-0.4, -0.2) is 53.5 Å². The number of nitrogens with zero attached hydrogens (tertiary/aromatic N) is 1. The Hall–Kier alpha value is -1.60. The van der Waals surface area contributed by atoms with Gasteiger partial charge in [-0.25, -0.2) is 4.39 Å². The van der Waals surface area contributed by atoms with Crippen molar-refractivity contribution in [1.82, 2.24) is 15.5 Å². The molecule has 2 aliphatic rings. The second-order valence-corrected chi connectivity index (χ2v) is 6.89. The summed E-state index contributed by atoms with van der Waals surface area (Å²) in [6.45, 7) is 1.30. The minimum Gasteiger partial charge on any atom is -0.349 e. The summed E-state index contributed by atoms with van der Waals surface area (Å²) in [5.74, 6) is 1.14. The molecule has 0 saturated carbocycles. The molecule has 2 fully saturated rings. The molecule has 7 heteroatoms. The second kappa shape index (κ2) is 7.31. The minimum atomic E-state index is -0.417. The lowest BCUT2D eigenvalue weighted by Crippen LogP contribution is -2.51. The number of nitrogens with one attached hydrogen (secondary N) is 2. The molecule has 1 aromatic carbocycles. The van der Waals surface area contributed by atoms with Crippen LogP contribution in [0.2, 0.25) is 0 Å². The van der Waals surface area contributed by atoms with Crippen LogP contribution in [0.3, 0.4) is 0 Å². The Morgan fingerprint density at radius 2 is 2.09 bits per heavy atom. The SMILES string of the molecule is O=C(NC1CCN(C(=O)C2CSCN2)CC1)c1cccc(F)c1. The van der Waals surface area contributed by atoms with Crippen LogP contribution in [-0.2, 0) is 4.79 Å². The van der Waals surface area contributed by atoms with Gasteiger partial charge in [-0.05, 0) is 31.0 Å². The number of hydrogen-bond acceptors (Lipinski definition) is 4. The molecule has 2 aliphatic heterocycles. The van der Waals surface area contributed by atoms with Crippen LogP contribution in [0.4, 0.5) is 4.39 Å². The molecule has 2 N–H and O–H groups in total. The van der Waals surface area contributed by atoms with Gasteiger partial charge in [0.25, 0.3) is 5.91 Å². The largest absolute Gasteiger partial charge is 0.349 e. The molecule has 0 bridgehead atoms. The van der Waals surface area contributed by atoms with Crippen LogP contribution in [0.15, 0.2) is 24.3 Å². The Bertz CT molecular complexity index is 584. The molecule has 0 aromatic heterocycles. The predicted octanol–water partition coefficient (Wildman–Crippen LogP) is 1.21. The van der Waals surface area contributed by atoms with Gasteiger partial charge in [0.1, 0.15) is 5.82 Å². The number of likely N-dealkylation sites (tertiary alicyclic amines) is 1. The van der Waals surface area contributed by atoms with Gasteiger partial charge in [-0.3, -0.25) is 14.9 Å². The molecule has 1 aromatic rings. The quantitative estimate of drug-likeness (QED) is 0.870. The molecule has 5 nitrogen and oxygen atoms in total. The van der Waals surface area contributed by atoms with E-state index in [2.05, 4.69) is 10.6 Å². The number of piperidine rings is 1. The average Bonchev–Trinajstić information content (AvgIpc) is 3.09. The van der Waals surface area contributed by atoms with Gasteiger partial charge in [0.05, 0.1) is 6.04 Å². The van der Waals surface area contributed by atoms with Crippen molar-refractivity contribution in [2.45, 2.75) is 24.9 Å². The van der Waals surface area contributed by atoms with Crippen molar-refractivity contribution >= 4 is 23.6 Å². The third-order valence-electron chi connectivity index (χ3n) is 4.24. The molecule has 0 aliphatic carbocycles. The predicted molar refractivity (Wildman–Crippen MR) is 87.7 cm³/mol. The highest BCUT2D eigenvalue weighted by Crippen LogP contribution is 2.16. The van der Waals surface area contributed by atoms with Gasteiger partial charge < -0.3 is 10.2 Å². The van der Waals surface area contributed by atoms with Crippen molar-refractivity contribution in [3.05, 3.63) is 35.6 Å². The number of hydrogen-bond donors (Lipinski definition) is 2. The number of benzene rings is 1. The summed E-state index contributed by atoms with van der Waals surface area (Å²) in [6, 6.07) is 5.63. The van der Waals surface area contributed by atoms with E-state index >= 15 is 0 Å². The minimum absolute atomic E-state index is 0.0285. The average molecular weight is 337 g/mol. The third-order valence-corrected chi connectivity index (χ3v) is 5.18.